The molecule has 0 saturated carbocycles. The van der Waals surface area contributed by atoms with Gasteiger partial charge in [-0.05, 0) is 23.2 Å². The highest BCUT2D eigenvalue weighted by Gasteiger charge is 2.17. The molecule has 2 aromatic carbocycles. The minimum absolute atomic E-state index is 0.0661. The molecule has 0 bridgehead atoms. The highest BCUT2D eigenvalue weighted by molar-refractivity contribution is 5.81. The summed E-state index contributed by atoms with van der Waals surface area (Å²) in [4.78, 5) is 12.0. The summed E-state index contributed by atoms with van der Waals surface area (Å²) in [5.41, 5.74) is 9.39. The van der Waals surface area contributed by atoms with Crippen LogP contribution in [0.5, 0.6) is 0 Å². The molecule has 0 radical (unpaired) electrons. The molecule has 1 atom stereocenters. The van der Waals surface area contributed by atoms with Crippen LogP contribution in [0, 0.1) is 5.92 Å². The van der Waals surface area contributed by atoms with Crippen molar-refractivity contribution in [1.82, 2.24) is 0 Å². The lowest BCUT2D eigenvalue weighted by molar-refractivity contribution is -0.122. The first-order valence-electron chi connectivity index (χ1n) is 7.50. The van der Waals surface area contributed by atoms with Crippen molar-refractivity contribution in [2.75, 3.05) is 6.54 Å². The van der Waals surface area contributed by atoms with Crippen molar-refractivity contribution in [1.29, 1.82) is 0 Å². The summed E-state index contributed by atoms with van der Waals surface area (Å²) in [5, 5.41) is 0. The standard InChI is InChI=1S/C19H23NO/c1-14(2)19(21)12-18(13-20)17-10-6-9-16(11-17)15-7-4-3-5-8-15/h3-11,14,18H,12-13,20H2,1-2H3/t18-/m0/s1. The Bertz CT molecular complexity index is 590. The maximum absolute atomic E-state index is 12.0. The summed E-state index contributed by atoms with van der Waals surface area (Å²) >= 11 is 0. The molecule has 0 aliphatic rings. The monoisotopic (exact) mass is 281 g/mol. The van der Waals surface area contributed by atoms with Gasteiger partial charge in [0, 0.05) is 18.3 Å². The fourth-order valence-electron chi connectivity index (χ4n) is 2.42. The molecule has 2 N–H and O–H groups in total. The van der Waals surface area contributed by atoms with E-state index >= 15 is 0 Å². The van der Waals surface area contributed by atoms with E-state index in [1.165, 1.54) is 11.1 Å². The Morgan fingerprint density at radius 1 is 1.00 bits per heavy atom. The number of rotatable bonds is 6. The zero-order valence-electron chi connectivity index (χ0n) is 12.8. The quantitative estimate of drug-likeness (QED) is 0.869. The molecule has 0 aromatic heterocycles. The highest BCUT2D eigenvalue weighted by Crippen LogP contribution is 2.26. The predicted molar refractivity (Wildman–Crippen MR) is 88.1 cm³/mol. The molecule has 0 unspecified atom stereocenters. The second-order valence-electron chi connectivity index (χ2n) is 5.75. The molecule has 2 nitrogen and oxygen atoms in total. The second-order valence-corrected chi connectivity index (χ2v) is 5.75. The molecule has 0 aliphatic heterocycles. The molecule has 2 rings (SSSR count). The smallest absolute Gasteiger partial charge is 0.136 e. The number of ketones is 1. The van der Waals surface area contributed by atoms with Crippen molar-refractivity contribution in [2.24, 2.45) is 11.7 Å². The first-order valence-corrected chi connectivity index (χ1v) is 7.50. The van der Waals surface area contributed by atoms with Gasteiger partial charge in [0.25, 0.3) is 0 Å². The molecule has 0 spiro atoms. The average molecular weight is 281 g/mol. The summed E-state index contributed by atoms with van der Waals surface area (Å²) in [7, 11) is 0. The third-order valence-electron chi connectivity index (χ3n) is 3.84. The maximum Gasteiger partial charge on any atom is 0.136 e. The number of hydrogen-bond donors (Lipinski definition) is 1. The van der Waals surface area contributed by atoms with Crippen LogP contribution in [0.1, 0.15) is 31.7 Å². The van der Waals surface area contributed by atoms with Gasteiger partial charge < -0.3 is 5.73 Å². The molecule has 0 aliphatic carbocycles. The van der Waals surface area contributed by atoms with Crippen LogP contribution >= 0.6 is 0 Å². The molecule has 21 heavy (non-hydrogen) atoms. The molecule has 0 heterocycles. The van der Waals surface area contributed by atoms with Crippen LogP contribution in [0.3, 0.4) is 0 Å². The molecule has 0 amide bonds. The van der Waals surface area contributed by atoms with Crippen molar-refractivity contribution in [3.63, 3.8) is 0 Å². The first kappa shape index (κ1) is 15.5. The van der Waals surface area contributed by atoms with Gasteiger partial charge in [-0.25, -0.2) is 0 Å². The first-order chi connectivity index (χ1) is 10.1. The largest absolute Gasteiger partial charge is 0.330 e. The van der Waals surface area contributed by atoms with E-state index < -0.39 is 0 Å². The summed E-state index contributed by atoms with van der Waals surface area (Å²) in [6.45, 7) is 4.38. The Hall–Kier alpha value is -1.93. The fourth-order valence-corrected chi connectivity index (χ4v) is 2.42. The minimum atomic E-state index is 0.0661. The zero-order chi connectivity index (χ0) is 15.2. The van der Waals surface area contributed by atoms with Gasteiger partial charge in [-0.1, -0.05) is 68.4 Å². The molecule has 0 saturated heterocycles. The Balaban J connectivity index is 2.25. The topological polar surface area (TPSA) is 43.1 Å². The highest BCUT2D eigenvalue weighted by atomic mass is 16.1. The Kier molecular flexibility index (Phi) is 5.29. The number of carbonyl (C=O) groups excluding carboxylic acids is 1. The SMILES string of the molecule is CC(C)C(=O)C[C@@H](CN)c1cccc(-c2ccccc2)c1. The summed E-state index contributed by atoms with van der Waals surface area (Å²) in [6, 6.07) is 18.6. The van der Waals surface area contributed by atoms with E-state index in [0.717, 1.165) is 5.56 Å². The van der Waals surface area contributed by atoms with E-state index in [0.29, 0.717) is 13.0 Å². The summed E-state index contributed by atoms with van der Waals surface area (Å²) < 4.78 is 0. The molecule has 2 heteroatoms. The van der Waals surface area contributed by atoms with Crippen LogP contribution in [-0.2, 0) is 4.79 Å². The van der Waals surface area contributed by atoms with Crippen LogP contribution in [0.2, 0.25) is 0 Å². The van der Waals surface area contributed by atoms with Gasteiger partial charge in [0.2, 0.25) is 0 Å². The van der Waals surface area contributed by atoms with Crippen LogP contribution in [0.15, 0.2) is 54.6 Å². The van der Waals surface area contributed by atoms with Crippen molar-refractivity contribution in [2.45, 2.75) is 26.2 Å². The van der Waals surface area contributed by atoms with Crippen LogP contribution in [-0.4, -0.2) is 12.3 Å². The number of Topliss-reactive ketones (excluding diaryl/α,β-unsaturated/α-hetero) is 1. The van der Waals surface area contributed by atoms with Gasteiger partial charge in [-0.15, -0.1) is 0 Å². The molecule has 2 aromatic rings. The number of hydrogen-bond acceptors (Lipinski definition) is 2. The second kappa shape index (κ2) is 7.19. The zero-order valence-corrected chi connectivity index (χ0v) is 12.8. The molecular weight excluding hydrogens is 258 g/mol. The van der Waals surface area contributed by atoms with Gasteiger partial charge in [0.05, 0.1) is 0 Å². The lowest BCUT2D eigenvalue weighted by atomic mass is 9.89. The molecular formula is C19H23NO. The van der Waals surface area contributed by atoms with Crippen molar-refractivity contribution in [3.8, 4) is 11.1 Å². The van der Waals surface area contributed by atoms with Crippen LogP contribution in [0.4, 0.5) is 0 Å². The van der Waals surface area contributed by atoms with E-state index in [1.54, 1.807) is 0 Å². The number of nitrogens with two attached hydrogens (primary N) is 1. The van der Waals surface area contributed by atoms with Gasteiger partial charge in [0.15, 0.2) is 0 Å². The Labute approximate surface area is 127 Å². The third-order valence-corrected chi connectivity index (χ3v) is 3.84. The van der Waals surface area contributed by atoms with E-state index in [1.807, 2.05) is 38.1 Å². The average Bonchev–Trinajstić information content (AvgIpc) is 2.53. The fraction of sp³-hybridized carbons (Fsp3) is 0.316. The van der Waals surface area contributed by atoms with Crippen LogP contribution < -0.4 is 5.73 Å². The van der Waals surface area contributed by atoms with Gasteiger partial charge in [0.1, 0.15) is 5.78 Å². The predicted octanol–water partition coefficient (Wildman–Crippen LogP) is 4.01. The van der Waals surface area contributed by atoms with E-state index in [2.05, 4.69) is 30.3 Å². The van der Waals surface area contributed by atoms with Crippen LogP contribution in [0.25, 0.3) is 11.1 Å². The van der Waals surface area contributed by atoms with Gasteiger partial charge in [-0.3, -0.25) is 4.79 Å². The number of benzene rings is 2. The van der Waals surface area contributed by atoms with E-state index in [4.69, 9.17) is 5.73 Å². The van der Waals surface area contributed by atoms with Gasteiger partial charge >= 0.3 is 0 Å². The normalized spacial score (nSPS) is 12.4. The van der Waals surface area contributed by atoms with Crippen molar-refractivity contribution < 1.29 is 4.79 Å². The Morgan fingerprint density at radius 2 is 1.67 bits per heavy atom. The molecule has 110 valence electrons. The lowest BCUT2D eigenvalue weighted by Crippen LogP contribution is -2.19. The van der Waals surface area contributed by atoms with E-state index in [9.17, 15) is 4.79 Å². The lowest BCUT2D eigenvalue weighted by Gasteiger charge is -2.17. The molecule has 0 fully saturated rings. The van der Waals surface area contributed by atoms with Gasteiger partial charge in [-0.2, -0.15) is 0 Å². The van der Waals surface area contributed by atoms with E-state index in [-0.39, 0.29) is 17.6 Å². The van der Waals surface area contributed by atoms with Crippen molar-refractivity contribution >= 4 is 5.78 Å². The summed E-state index contributed by atoms with van der Waals surface area (Å²) in [6.07, 6.45) is 0.520. The third kappa shape index (κ3) is 4.02. The number of carbonyl (C=O) groups is 1. The summed E-state index contributed by atoms with van der Waals surface area (Å²) in [5.74, 6) is 0.440. The Morgan fingerprint density at radius 3 is 2.29 bits per heavy atom. The van der Waals surface area contributed by atoms with Crippen molar-refractivity contribution in [3.05, 3.63) is 60.2 Å². The maximum atomic E-state index is 12.0. The minimum Gasteiger partial charge on any atom is -0.330 e.